The number of methoxy groups -OCH3 is 1. The van der Waals surface area contributed by atoms with Gasteiger partial charge in [-0.2, -0.15) is 4.98 Å². The van der Waals surface area contributed by atoms with Crippen LogP contribution in [-0.2, 0) is 9.47 Å². The highest BCUT2D eigenvalue weighted by atomic mass is 16.5. The van der Waals surface area contributed by atoms with Crippen LogP contribution in [0.15, 0.2) is 18.2 Å². The van der Waals surface area contributed by atoms with E-state index in [1.165, 1.54) is 0 Å². The van der Waals surface area contributed by atoms with Gasteiger partial charge >= 0.3 is 0 Å². The summed E-state index contributed by atoms with van der Waals surface area (Å²) in [6, 6.07) is 5.69. The van der Waals surface area contributed by atoms with Crippen molar-refractivity contribution in [2.75, 3.05) is 20.3 Å². The smallest absolute Gasteiger partial charge is 0.216 e. The van der Waals surface area contributed by atoms with E-state index in [4.69, 9.17) is 18.9 Å². The van der Waals surface area contributed by atoms with Gasteiger partial charge in [0, 0.05) is 38.7 Å². The van der Waals surface area contributed by atoms with Gasteiger partial charge < -0.3 is 18.9 Å². The van der Waals surface area contributed by atoms with Crippen LogP contribution in [0.2, 0.25) is 0 Å². The zero-order chi connectivity index (χ0) is 18.2. The molecule has 0 saturated heterocycles. The number of aromatic nitrogens is 1. The molecule has 1 aliphatic rings. The maximum absolute atomic E-state index is 5.92. The average molecular weight is 351 g/mol. The minimum Gasteiger partial charge on any atom is -0.477 e. The van der Waals surface area contributed by atoms with Crippen LogP contribution in [0.5, 0.6) is 11.8 Å². The van der Waals surface area contributed by atoms with Gasteiger partial charge in [0.25, 0.3) is 0 Å². The fraction of sp³-hybridized carbons (Fsp3) is 0.750. The molecule has 5 nitrogen and oxygen atoms in total. The van der Waals surface area contributed by atoms with Gasteiger partial charge in [0.15, 0.2) is 0 Å². The van der Waals surface area contributed by atoms with Crippen LogP contribution in [0.1, 0.15) is 47.0 Å². The second-order valence-corrected chi connectivity index (χ2v) is 7.54. The molecular weight excluding hydrogens is 318 g/mol. The number of hydrogen-bond acceptors (Lipinski definition) is 5. The number of hydrogen-bond donors (Lipinski definition) is 0. The third kappa shape index (κ3) is 7.20. The number of rotatable bonds is 11. The molecule has 1 fully saturated rings. The van der Waals surface area contributed by atoms with Crippen LogP contribution in [0.3, 0.4) is 0 Å². The van der Waals surface area contributed by atoms with E-state index in [2.05, 4.69) is 32.7 Å². The average Bonchev–Trinajstić information content (AvgIpc) is 2.51. The van der Waals surface area contributed by atoms with Crippen LogP contribution < -0.4 is 9.47 Å². The predicted octanol–water partition coefficient (Wildman–Crippen LogP) is 4.10. The second-order valence-electron chi connectivity index (χ2n) is 7.54. The van der Waals surface area contributed by atoms with E-state index in [0.717, 1.165) is 25.9 Å². The fourth-order valence-corrected chi connectivity index (χ4v) is 3.16. The van der Waals surface area contributed by atoms with Crippen LogP contribution >= 0.6 is 0 Å². The minimum atomic E-state index is 0.195. The Balaban J connectivity index is 1.72. The Morgan fingerprint density at radius 2 is 1.68 bits per heavy atom. The molecule has 1 heterocycles. The standard InChI is InChI=1S/C20H33NO4/c1-14(2)24-17-10-18(11-17)25-20-8-6-7-19(21-20)23-13-16(4)9-15(3)12-22-5/h6-8,14-18H,9-13H2,1-5H3. The number of nitrogens with zero attached hydrogens (tertiary/aromatic N) is 1. The van der Waals surface area contributed by atoms with Crippen molar-refractivity contribution in [1.29, 1.82) is 0 Å². The molecule has 0 spiro atoms. The van der Waals surface area contributed by atoms with E-state index in [0.29, 0.717) is 36.3 Å². The molecule has 142 valence electrons. The normalized spacial score (nSPS) is 22.3. The fourth-order valence-electron chi connectivity index (χ4n) is 3.16. The van der Waals surface area contributed by atoms with Crippen molar-refractivity contribution in [2.24, 2.45) is 11.8 Å². The monoisotopic (exact) mass is 351 g/mol. The first-order chi connectivity index (χ1) is 12.0. The van der Waals surface area contributed by atoms with Crippen LogP contribution in [-0.4, -0.2) is 43.6 Å². The van der Waals surface area contributed by atoms with Crippen LogP contribution in [0, 0.1) is 11.8 Å². The molecule has 5 heteroatoms. The molecule has 2 unspecified atom stereocenters. The third-order valence-corrected chi connectivity index (χ3v) is 4.27. The Labute approximate surface area is 152 Å². The van der Waals surface area contributed by atoms with Crippen molar-refractivity contribution < 1.29 is 18.9 Å². The van der Waals surface area contributed by atoms with Gasteiger partial charge in [-0.1, -0.05) is 19.9 Å². The molecule has 0 radical (unpaired) electrons. The third-order valence-electron chi connectivity index (χ3n) is 4.27. The van der Waals surface area contributed by atoms with Gasteiger partial charge in [0.1, 0.15) is 6.10 Å². The highest BCUT2D eigenvalue weighted by Gasteiger charge is 2.32. The second kappa shape index (κ2) is 9.97. The summed E-state index contributed by atoms with van der Waals surface area (Å²) < 4.78 is 22.7. The molecule has 0 aromatic carbocycles. The van der Waals surface area contributed by atoms with Gasteiger partial charge in [-0.3, -0.25) is 0 Å². The van der Waals surface area contributed by atoms with Crippen molar-refractivity contribution in [2.45, 2.75) is 65.3 Å². The molecule has 1 aromatic heterocycles. The highest BCUT2D eigenvalue weighted by molar-refractivity contribution is 5.20. The minimum absolute atomic E-state index is 0.195. The van der Waals surface area contributed by atoms with Crippen molar-refractivity contribution in [3.05, 3.63) is 18.2 Å². The molecular formula is C20H33NO4. The van der Waals surface area contributed by atoms with Gasteiger partial charge in [0.2, 0.25) is 11.8 Å². The molecule has 0 aliphatic heterocycles. The lowest BCUT2D eigenvalue weighted by Crippen LogP contribution is -2.40. The van der Waals surface area contributed by atoms with E-state index in [-0.39, 0.29) is 12.2 Å². The first-order valence-electron chi connectivity index (χ1n) is 9.37. The van der Waals surface area contributed by atoms with Crippen molar-refractivity contribution in [1.82, 2.24) is 4.98 Å². The lowest BCUT2D eigenvalue weighted by atomic mass is 9.92. The Hall–Kier alpha value is -1.33. The summed E-state index contributed by atoms with van der Waals surface area (Å²) in [5.74, 6) is 2.24. The summed E-state index contributed by atoms with van der Waals surface area (Å²) in [6.07, 6.45) is 3.72. The summed E-state index contributed by atoms with van der Waals surface area (Å²) in [5.41, 5.74) is 0. The largest absolute Gasteiger partial charge is 0.477 e. The number of ether oxygens (including phenoxy) is 4. The summed E-state index contributed by atoms with van der Waals surface area (Å²) in [6.45, 7) is 9.95. The Bertz CT molecular complexity index is 502. The van der Waals surface area contributed by atoms with Crippen molar-refractivity contribution >= 4 is 0 Å². The van der Waals surface area contributed by atoms with E-state index in [1.54, 1.807) is 7.11 Å². The van der Waals surface area contributed by atoms with Gasteiger partial charge in [-0.15, -0.1) is 0 Å². The molecule has 25 heavy (non-hydrogen) atoms. The van der Waals surface area contributed by atoms with Crippen LogP contribution in [0.4, 0.5) is 0 Å². The Kier molecular flexibility index (Phi) is 7.97. The quantitative estimate of drug-likeness (QED) is 0.601. The van der Waals surface area contributed by atoms with Gasteiger partial charge in [-0.05, 0) is 32.1 Å². The summed E-state index contributed by atoms with van der Waals surface area (Å²) >= 11 is 0. The SMILES string of the molecule is COCC(C)CC(C)COc1cccc(OC2CC(OC(C)C)C2)n1. The molecule has 0 N–H and O–H groups in total. The van der Waals surface area contributed by atoms with Gasteiger partial charge in [-0.25, -0.2) is 0 Å². The lowest BCUT2D eigenvalue weighted by molar-refractivity contribution is -0.0859. The molecule has 0 amide bonds. The van der Waals surface area contributed by atoms with Crippen molar-refractivity contribution in [3.63, 3.8) is 0 Å². The topological polar surface area (TPSA) is 49.8 Å². The van der Waals surface area contributed by atoms with E-state index in [9.17, 15) is 0 Å². The van der Waals surface area contributed by atoms with Gasteiger partial charge in [0.05, 0.1) is 18.8 Å². The molecule has 1 aromatic rings. The first-order valence-corrected chi connectivity index (χ1v) is 9.37. The summed E-state index contributed by atoms with van der Waals surface area (Å²) in [4.78, 5) is 4.46. The maximum Gasteiger partial charge on any atom is 0.216 e. The Morgan fingerprint density at radius 1 is 1.00 bits per heavy atom. The molecule has 1 aliphatic carbocycles. The van der Waals surface area contributed by atoms with E-state index >= 15 is 0 Å². The maximum atomic E-state index is 5.92. The first kappa shape index (κ1) is 20.0. The molecule has 0 bridgehead atoms. The van der Waals surface area contributed by atoms with Crippen LogP contribution in [0.25, 0.3) is 0 Å². The zero-order valence-electron chi connectivity index (χ0n) is 16.2. The molecule has 1 saturated carbocycles. The van der Waals surface area contributed by atoms with E-state index in [1.807, 2.05) is 18.2 Å². The number of pyridine rings is 1. The summed E-state index contributed by atoms with van der Waals surface area (Å²) in [7, 11) is 1.74. The zero-order valence-corrected chi connectivity index (χ0v) is 16.2. The highest BCUT2D eigenvalue weighted by Crippen LogP contribution is 2.29. The Morgan fingerprint density at radius 3 is 2.36 bits per heavy atom. The molecule has 2 rings (SSSR count). The lowest BCUT2D eigenvalue weighted by Gasteiger charge is -2.35. The predicted molar refractivity (Wildman–Crippen MR) is 98.2 cm³/mol. The molecule has 2 atom stereocenters. The van der Waals surface area contributed by atoms with E-state index < -0.39 is 0 Å². The van der Waals surface area contributed by atoms with Crippen molar-refractivity contribution in [3.8, 4) is 11.8 Å². The summed E-state index contributed by atoms with van der Waals surface area (Å²) in [5, 5.41) is 0.